The van der Waals surface area contributed by atoms with Crippen LogP contribution in [0.2, 0.25) is 0 Å². The fourth-order valence-electron chi connectivity index (χ4n) is 2.44. The number of nitrogens with zero attached hydrogens (tertiary/aromatic N) is 3. The van der Waals surface area contributed by atoms with Crippen molar-refractivity contribution in [1.29, 1.82) is 0 Å². The van der Waals surface area contributed by atoms with E-state index in [0.29, 0.717) is 17.3 Å². The number of carboxylic acids is 1. The third-order valence-electron chi connectivity index (χ3n) is 3.59. The normalized spacial score (nSPS) is 14.8. The van der Waals surface area contributed by atoms with E-state index in [0.717, 1.165) is 24.0 Å². The van der Waals surface area contributed by atoms with Gasteiger partial charge in [-0.3, -0.25) is 4.40 Å². The second-order valence-corrected chi connectivity index (χ2v) is 4.97. The standard InChI is InChI=1S/C14H11N3O3/c18-14(19)11-4-16-13-10(12-5-15-7-20-12)3-9(6-17(11)13)8-1-2-8/h3-8H,1-2H2,(H,18,19). The van der Waals surface area contributed by atoms with Gasteiger partial charge in [-0.15, -0.1) is 0 Å². The first-order valence-corrected chi connectivity index (χ1v) is 6.37. The number of carbonyl (C=O) groups is 1. The predicted molar refractivity (Wildman–Crippen MR) is 69.6 cm³/mol. The molecule has 0 aromatic carbocycles. The van der Waals surface area contributed by atoms with Crippen molar-refractivity contribution in [3.05, 3.63) is 42.3 Å². The lowest BCUT2D eigenvalue weighted by molar-refractivity contribution is 0.0689. The van der Waals surface area contributed by atoms with E-state index in [4.69, 9.17) is 4.42 Å². The molecule has 1 fully saturated rings. The van der Waals surface area contributed by atoms with Crippen LogP contribution in [-0.2, 0) is 0 Å². The molecule has 0 radical (unpaired) electrons. The lowest BCUT2D eigenvalue weighted by atomic mass is 10.1. The van der Waals surface area contributed by atoms with Gasteiger partial charge in [0.15, 0.2) is 17.8 Å². The minimum atomic E-state index is -0.992. The summed E-state index contributed by atoms with van der Waals surface area (Å²) in [5.41, 5.74) is 2.62. The Labute approximate surface area is 113 Å². The van der Waals surface area contributed by atoms with E-state index < -0.39 is 5.97 Å². The van der Waals surface area contributed by atoms with Crippen LogP contribution in [0.4, 0.5) is 0 Å². The monoisotopic (exact) mass is 269 g/mol. The summed E-state index contributed by atoms with van der Waals surface area (Å²) in [6, 6.07) is 2.02. The molecule has 3 heterocycles. The summed E-state index contributed by atoms with van der Waals surface area (Å²) in [7, 11) is 0. The molecule has 0 bridgehead atoms. The minimum Gasteiger partial charge on any atom is -0.477 e. The third-order valence-corrected chi connectivity index (χ3v) is 3.59. The fraction of sp³-hybridized carbons (Fsp3) is 0.214. The van der Waals surface area contributed by atoms with Crippen molar-refractivity contribution in [2.75, 3.05) is 0 Å². The Kier molecular flexibility index (Phi) is 2.20. The van der Waals surface area contributed by atoms with E-state index in [1.165, 1.54) is 12.6 Å². The zero-order valence-corrected chi connectivity index (χ0v) is 10.5. The summed E-state index contributed by atoms with van der Waals surface area (Å²) in [6.07, 6.45) is 8.48. The Morgan fingerprint density at radius 3 is 2.90 bits per heavy atom. The van der Waals surface area contributed by atoms with Crippen LogP contribution >= 0.6 is 0 Å². The average molecular weight is 269 g/mol. The molecule has 0 atom stereocenters. The van der Waals surface area contributed by atoms with Gasteiger partial charge in [0, 0.05) is 6.20 Å². The van der Waals surface area contributed by atoms with Crippen molar-refractivity contribution in [1.82, 2.24) is 14.4 Å². The Bertz CT molecular complexity index is 801. The first-order chi connectivity index (χ1) is 9.74. The lowest BCUT2D eigenvalue weighted by Crippen LogP contribution is -2.03. The van der Waals surface area contributed by atoms with Gasteiger partial charge >= 0.3 is 5.97 Å². The number of aromatic nitrogens is 3. The number of aromatic carboxylic acids is 1. The molecule has 1 saturated carbocycles. The van der Waals surface area contributed by atoms with Crippen LogP contribution in [0.1, 0.15) is 34.8 Å². The summed E-state index contributed by atoms with van der Waals surface area (Å²) in [5.74, 6) is 0.110. The molecular formula is C14H11N3O3. The number of fused-ring (bicyclic) bond motifs is 1. The van der Waals surface area contributed by atoms with Crippen molar-refractivity contribution in [2.45, 2.75) is 18.8 Å². The van der Waals surface area contributed by atoms with Crippen molar-refractivity contribution in [3.8, 4) is 11.3 Å². The van der Waals surface area contributed by atoms with Gasteiger partial charge in [-0.2, -0.15) is 0 Å². The van der Waals surface area contributed by atoms with Gasteiger partial charge in [-0.05, 0) is 30.4 Å². The van der Waals surface area contributed by atoms with Crippen LogP contribution in [0.25, 0.3) is 17.0 Å². The first-order valence-electron chi connectivity index (χ1n) is 6.37. The molecule has 3 aromatic rings. The topological polar surface area (TPSA) is 80.6 Å². The number of hydrogen-bond acceptors (Lipinski definition) is 4. The molecule has 0 unspecified atom stereocenters. The van der Waals surface area contributed by atoms with E-state index in [-0.39, 0.29) is 5.69 Å². The maximum absolute atomic E-state index is 11.3. The highest BCUT2D eigenvalue weighted by molar-refractivity contribution is 5.88. The molecule has 3 aromatic heterocycles. The summed E-state index contributed by atoms with van der Waals surface area (Å²) < 4.78 is 6.96. The van der Waals surface area contributed by atoms with Crippen LogP contribution in [0.3, 0.4) is 0 Å². The van der Waals surface area contributed by atoms with E-state index in [1.54, 1.807) is 10.6 Å². The molecule has 4 rings (SSSR count). The van der Waals surface area contributed by atoms with Gasteiger partial charge in [0.05, 0.1) is 18.0 Å². The fourth-order valence-corrected chi connectivity index (χ4v) is 2.44. The second kappa shape index (κ2) is 3.93. The highest BCUT2D eigenvalue weighted by Crippen LogP contribution is 2.41. The summed E-state index contributed by atoms with van der Waals surface area (Å²) in [6.45, 7) is 0. The quantitative estimate of drug-likeness (QED) is 0.790. The predicted octanol–water partition coefficient (Wildman–Crippen LogP) is 2.56. The molecule has 1 aliphatic rings. The molecule has 20 heavy (non-hydrogen) atoms. The molecule has 0 amide bonds. The molecule has 1 aliphatic carbocycles. The Morgan fingerprint density at radius 1 is 1.40 bits per heavy atom. The number of oxazole rings is 1. The minimum absolute atomic E-state index is 0.156. The van der Waals surface area contributed by atoms with Gasteiger partial charge in [0.25, 0.3) is 0 Å². The number of carboxylic acid groups (broad SMARTS) is 1. The largest absolute Gasteiger partial charge is 0.477 e. The number of pyridine rings is 1. The van der Waals surface area contributed by atoms with Crippen molar-refractivity contribution < 1.29 is 14.3 Å². The van der Waals surface area contributed by atoms with E-state index in [2.05, 4.69) is 9.97 Å². The third kappa shape index (κ3) is 1.61. The van der Waals surface area contributed by atoms with Gasteiger partial charge < -0.3 is 9.52 Å². The maximum Gasteiger partial charge on any atom is 0.354 e. The average Bonchev–Trinajstić information content (AvgIpc) is 2.99. The highest BCUT2D eigenvalue weighted by atomic mass is 16.4. The first kappa shape index (κ1) is 11.2. The Morgan fingerprint density at radius 2 is 2.25 bits per heavy atom. The zero-order valence-electron chi connectivity index (χ0n) is 10.5. The van der Waals surface area contributed by atoms with E-state index >= 15 is 0 Å². The summed E-state index contributed by atoms with van der Waals surface area (Å²) in [5, 5.41) is 9.24. The second-order valence-electron chi connectivity index (χ2n) is 4.97. The van der Waals surface area contributed by atoms with Crippen molar-refractivity contribution >= 4 is 11.6 Å². The lowest BCUT2D eigenvalue weighted by Gasteiger charge is -2.06. The van der Waals surface area contributed by atoms with Crippen LogP contribution in [-0.4, -0.2) is 25.4 Å². The number of imidazole rings is 1. The van der Waals surface area contributed by atoms with E-state index in [9.17, 15) is 9.90 Å². The highest BCUT2D eigenvalue weighted by Gasteiger charge is 2.26. The van der Waals surface area contributed by atoms with Crippen LogP contribution in [0.5, 0.6) is 0 Å². The van der Waals surface area contributed by atoms with E-state index in [1.807, 2.05) is 12.3 Å². The maximum atomic E-state index is 11.3. The Hall–Kier alpha value is -2.63. The zero-order chi connectivity index (χ0) is 13.7. The SMILES string of the molecule is O=C(O)c1cnc2c(-c3cnco3)cc(C3CC3)cn12. The van der Waals surface area contributed by atoms with Gasteiger partial charge in [-0.1, -0.05) is 0 Å². The van der Waals surface area contributed by atoms with Crippen LogP contribution in [0, 0.1) is 0 Å². The number of hydrogen-bond donors (Lipinski definition) is 1. The van der Waals surface area contributed by atoms with Crippen molar-refractivity contribution in [3.63, 3.8) is 0 Å². The molecule has 100 valence electrons. The van der Waals surface area contributed by atoms with Crippen LogP contribution in [0.15, 0.2) is 35.5 Å². The number of rotatable bonds is 3. The summed E-state index contributed by atoms with van der Waals surface area (Å²) in [4.78, 5) is 19.4. The molecule has 0 aliphatic heterocycles. The van der Waals surface area contributed by atoms with Gasteiger partial charge in [0.2, 0.25) is 0 Å². The molecule has 6 heteroatoms. The summed E-state index contributed by atoms with van der Waals surface area (Å²) >= 11 is 0. The molecule has 6 nitrogen and oxygen atoms in total. The van der Waals surface area contributed by atoms with Crippen molar-refractivity contribution in [2.24, 2.45) is 0 Å². The molecule has 0 spiro atoms. The molecule has 0 saturated heterocycles. The van der Waals surface area contributed by atoms with Crippen LogP contribution < -0.4 is 0 Å². The smallest absolute Gasteiger partial charge is 0.354 e. The Balaban J connectivity index is 2.03. The van der Waals surface area contributed by atoms with Gasteiger partial charge in [0.1, 0.15) is 5.65 Å². The van der Waals surface area contributed by atoms with Gasteiger partial charge in [-0.25, -0.2) is 14.8 Å². The molecule has 1 N–H and O–H groups in total. The molecular weight excluding hydrogens is 258 g/mol.